The first-order valence-corrected chi connectivity index (χ1v) is 7.22. The number of thiazole rings is 1. The van der Waals surface area contributed by atoms with Gasteiger partial charge in [0.1, 0.15) is 0 Å². The number of aromatic nitrogens is 1. The normalized spacial score (nSPS) is 11.7. The summed E-state index contributed by atoms with van der Waals surface area (Å²) in [5, 5.41) is 6.12. The van der Waals surface area contributed by atoms with E-state index in [-0.39, 0.29) is 11.9 Å². The molecule has 0 radical (unpaired) electrons. The number of hydrogen-bond acceptors (Lipinski definition) is 4. The summed E-state index contributed by atoms with van der Waals surface area (Å²) in [6, 6.07) is 7.61. The number of carbonyl (C=O) groups is 1. The molecule has 5 heteroatoms. The van der Waals surface area contributed by atoms with Gasteiger partial charge in [-0.15, -0.1) is 17.9 Å². The van der Waals surface area contributed by atoms with E-state index in [4.69, 9.17) is 0 Å². The summed E-state index contributed by atoms with van der Waals surface area (Å²) in [6.07, 6.45) is 3.52. The van der Waals surface area contributed by atoms with Gasteiger partial charge in [-0.3, -0.25) is 9.78 Å². The van der Waals surface area contributed by atoms with Crippen LogP contribution >= 0.6 is 11.3 Å². The van der Waals surface area contributed by atoms with Gasteiger partial charge >= 0.3 is 0 Å². The first-order chi connectivity index (χ1) is 9.70. The summed E-state index contributed by atoms with van der Waals surface area (Å²) in [4.78, 5) is 17.0. The van der Waals surface area contributed by atoms with Crippen molar-refractivity contribution in [2.45, 2.75) is 13.0 Å². The van der Waals surface area contributed by atoms with Crippen LogP contribution in [0.15, 0.2) is 48.6 Å². The molecule has 0 fully saturated rings. The molecule has 0 aliphatic rings. The zero-order valence-corrected chi connectivity index (χ0v) is 12.1. The van der Waals surface area contributed by atoms with Crippen molar-refractivity contribution in [2.24, 2.45) is 0 Å². The highest BCUT2D eigenvalue weighted by Gasteiger charge is 2.08. The lowest BCUT2D eigenvalue weighted by molar-refractivity contribution is 0.0958. The Balaban J connectivity index is 1.97. The third-order valence-electron chi connectivity index (χ3n) is 2.82. The fourth-order valence-electron chi connectivity index (χ4n) is 1.75. The molecular weight excluding hydrogens is 270 g/mol. The van der Waals surface area contributed by atoms with E-state index >= 15 is 0 Å². The van der Waals surface area contributed by atoms with E-state index < -0.39 is 0 Å². The zero-order valence-electron chi connectivity index (χ0n) is 11.3. The molecule has 0 saturated carbocycles. The van der Waals surface area contributed by atoms with Crippen LogP contribution in [0.2, 0.25) is 0 Å². The van der Waals surface area contributed by atoms with Crippen LogP contribution in [0, 0.1) is 0 Å². The number of nitrogens with zero attached hydrogens (tertiary/aromatic N) is 1. The van der Waals surface area contributed by atoms with Gasteiger partial charge in [0.25, 0.3) is 5.91 Å². The molecule has 1 heterocycles. The Labute approximate surface area is 122 Å². The maximum Gasteiger partial charge on any atom is 0.251 e. The fraction of sp³-hybridized carbons (Fsp3) is 0.200. The van der Waals surface area contributed by atoms with Gasteiger partial charge in [0.2, 0.25) is 0 Å². The molecule has 0 spiro atoms. The Morgan fingerprint density at radius 3 is 2.80 bits per heavy atom. The van der Waals surface area contributed by atoms with E-state index in [1.807, 2.05) is 23.8 Å². The predicted molar refractivity (Wildman–Crippen MR) is 83.1 cm³/mol. The SMILES string of the molecule is C=CCNC(=O)c1ccc(NC(C)c2cncs2)cc1. The number of rotatable bonds is 6. The first-order valence-electron chi connectivity index (χ1n) is 6.35. The molecule has 104 valence electrons. The molecule has 0 saturated heterocycles. The van der Waals surface area contributed by atoms with Crippen molar-refractivity contribution in [1.82, 2.24) is 10.3 Å². The van der Waals surface area contributed by atoms with Gasteiger partial charge in [0, 0.05) is 28.9 Å². The molecular formula is C15H17N3OS. The third-order valence-corrected chi connectivity index (χ3v) is 3.77. The fourth-order valence-corrected chi connectivity index (χ4v) is 2.37. The highest BCUT2D eigenvalue weighted by molar-refractivity contribution is 7.09. The number of anilines is 1. The molecule has 1 aromatic carbocycles. The van der Waals surface area contributed by atoms with Crippen molar-refractivity contribution in [1.29, 1.82) is 0 Å². The van der Waals surface area contributed by atoms with Crippen LogP contribution in [0.5, 0.6) is 0 Å². The van der Waals surface area contributed by atoms with E-state index in [0.29, 0.717) is 12.1 Å². The Bertz CT molecular complexity index is 563. The summed E-state index contributed by atoms with van der Waals surface area (Å²) in [6.45, 7) is 6.12. The highest BCUT2D eigenvalue weighted by atomic mass is 32.1. The Hall–Kier alpha value is -2.14. The number of amides is 1. The molecule has 0 aliphatic heterocycles. The van der Waals surface area contributed by atoms with Gasteiger partial charge in [-0.1, -0.05) is 6.08 Å². The average molecular weight is 287 g/mol. The minimum atomic E-state index is -0.0908. The van der Waals surface area contributed by atoms with Crippen LogP contribution in [0.3, 0.4) is 0 Å². The number of benzene rings is 1. The molecule has 1 atom stereocenters. The maximum atomic E-state index is 11.7. The molecule has 2 aromatic rings. The Morgan fingerprint density at radius 1 is 1.45 bits per heavy atom. The van der Waals surface area contributed by atoms with Crippen molar-refractivity contribution >= 4 is 22.9 Å². The summed E-state index contributed by atoms with van der Waals surface area (Å²) >= 11 is 1.62. The molecule has 0 aliphatic carbocycles. The summed E-state index contributed by atoms with van der Waals surface area (Å²) in [5.74, 6) is -0.0908. The highest BCUT2D eigenvalue weighted by Crippen LogP contribution is 2.22. The summed E-state index contributed by atoms with van der Waals surface area (Å²) in [5.41, 5.74) is 3.44. The van der Waals surface area contributed by atoms with Crippen molar-refractivity contribution in [3.05, 3.63) is 59.1 Å². The van der Waals surface area contributed by atoms with Gasteiger partial charge in [0.05, 0.1) is 11.6 Å². The van der Waals surface area contributed by atoms with E-state index in [1.165, 1.54) is 4.88 Å². The molecule has 4 nitrogen and oxygen atoms in total. The summed E-state index contributed by atoms with van der Waals surface area (Å²) in [7, 11) is 0. The van der Waals surface area contributed by atoms with Crippen LogP contribution in [0.1, 0.15) is 28.2 Å². The van der Waals surface area contributed by atoms with Crippen LogP contribution in [0.4, 0.5) is 5.69 Å². The van der Waals surface area contributed by atoms with E-state index in [1.54, 1.807) is 29.5 Å². The topological polar surface area (TPSA) is 54.0 Å². The van der Waals surface area contributed by atoms with Gasteiger partial charge in [-0.2, -0.15) is 0 Å². The third kappa shape index (κ3) is 3.68. The Kier molecular flexibility index (Phi) is 4.90. The van der Waals surface area contributed by atoms with Gasteiger partial charge in [-0.25, -0.2) is 0 Å². The standard InChI is InChI=1S/C15H17N3OS/c1-3-8-17-15(19)12-4-6-13(7-5-12)18-11(2)14-9-16-10-20-14/h3-7,9-11,18H,1,8H2,2H3,(H,17,19). The number of carbonyl (C=O) groups excluding carboxylic acids is 1. The predicted octanol–water partition coefficient (Wildman–Crippen LogP) is 3.23. The molecule has 20 heavy (non-hydrogen) atoms. The van der Waals surface area contributed by atoms with Gasteiger partial charge in [-0.05, 0) is 31.2 Å². The van der Waals surface area contributed by atoms with Crippen molar-refractivity contribution < 1.29 is 4.79 Å². The van der Waals surface area contributed by atoms with Crippen molar-refractivity contribution in [2.75, 3.05) is 11.9 Å². The number of hydrogen-bond donors (Lipinski definition) is 2. The molecule has 1 aromatic heterocycles. The van der Waals surface area contributed by atoms with Gasteiger partial charge in [0.15, 0.2) is 0 Å². The minimum absolute atomic E-state index is 0.0908. The first kappa shape index (κ1) is 14.3. The van der Waals surface area contributed by atoms with Crippen LogP contribution in [-0.2, 0) is 0 Å². The molecule has 1 amide bonds. The van der Waals surface area contributed by atoms with Crippen molar-refractivity contribution in [3.8, 4) is 0 Å². The maximum absolute atomic E-state index is 11.7. The molecule has 0 bridgehead atoms. The largest absolute Gasteiger partial charge is 0.378 e. The smallest absolute Gasteiger partial charge is 0.251 e. The lowest BCUT2D eigenvalue weighted by atomic mass is 10.2. The molecule has 1 unspecified atom stereocenters. The minimum Gasteiger partial charge on any atom is -0.378 e. The summed E-state index contributed by atoms with van der Waals surface area (Å²) < 4.78 is 0. The lowest BCUT2D eigenvalue weighted by Gasteiger charge is -2.13. The molecule has 2 N–H and O–H groups in total. The monoisotopic (exact) mass is 287 g/mol. The van der Waals surface area contributed by atoms with Crippen LogP contribution < -0.4 is 10.6 Å². The van der Waals surface area contributed by atoms with Crippen molar-refractivity contribution in [3.63, 3.8) is 0 Å². The van der Waals surface area contributed by atoms with Crippen LogP contribution in [-0.4, -0.2) is 17.4 Å². The Morgan fingerprint density at radius 2 is 2.20 bits per heavy atom. The molecule has 2 rings (SSSR count). The van der Waals surface area contributed by atoms with E-state index in [0.717, 1.165) is 5.69 Å². The zero-order chi connectivity index (χ0) is 14.4. The van der Waals surface area contributed by atoms with Gasteiger partial charge < -0.3 is 10.6 Å². The second kappa shape index (κ2) is 6.86. The van der Waals surface area contributed by atoms with Crippen LogP contribution in [0.25, 0.3) is 0 Å². The second-order valence-electron chi connectivity index (χ2n) is 4.35. The van der Waals surface area contributed by atoms with E-state index in [9.17, 15) is 4.79 Å². The van der Waals surface area contributed by atoms with E-state index in [2.05, 4.69) is 29.1 Å². The number of nitrogens with one attached hydrogen (secondary N) is 2. The second-order valence-corrected chi connectivity index (χ2v) is 5.26. The average Bonchev–Trinajstić information content (AvgIpc) is 3.00. The lowest BCUT2D eigenvalue weighted by Crippen LogP contribution is -2.23. The quantitative estimate of drug-likeness (QED) is 0.802.